The van der Waals surface area contributed by atoms with E-state index in [-0.39, 0.29) is 0 Å². The topological polar surface area (TPSA) is 69.6 Å². The number of nitrogens with two attached hydrogens (primary N) is 1. The molecule has 2 N–H and O–H groups in total. The molecule has 2 aromatic heterocycles. The van der Waals surface area contributed by atoms with Crippen LogP contribution in [0.4, 0.5) is 0 Å². The predicted octanol–water partition coefficient (Wildman–Crippen LogP) is 2.75. The molecule has 3 aromatic rings. The lowest BCUT2D eigenvalue weighted by Crippen LogP contribution is -2.04. The quantitative estimate of drug-likeness (QED) is 0.807. The number of benzene rings is 1. The van der Waals surface area contributed by atoms with Gasteiger partial charge in [0.05, 0.1) is 11.4 Å². The second kappa shape index (κ2) is 5.63. The minimum Gasteiger partial charge on any atom is -0.325 e. The van der Waals surface area contributed by atoms with Crippen LogP contribution in [0.2, 0.25) is 5.02 Å². The lowest BCUT2D eigenvalue weighted by Gasteiger charge is -2.11. The molecule has 0 bridgehead atoms. The monoisotopic (exact) mass is 299 g/mol. The molecule has 0 aliphatic rings. The first-order valence-corrected chi connectivity index (χ1v) is 6.90. The third-order valence-electron chi connectivity index (χ3n) is 3.35. The number of aromatic nitrogens is 4. The van der Waals surface area contributed by atoms with Gasteiger partial charge < -0.3 is 5.73 Å². The number of rotatable bonds is 3. The molecule has 1 aromatic carbocycles. The molecule has 0 spiro atoms. The van der Waals surface area contributed by atoms with Gasteiger partial charge in [-0.25, -0.2) is 4.68 Å². The maximum Gasteiger partial charge on any atom is 0.105 e. The molecule has 2 heterocycles. The molecule has 0 saturated heterocycles. The fraction of sp³-hybridized carbons (Fsp3) is 0.133. The fourth-order valence-corrected chi connectivity index (χ4v) is 2.41. The molecule has 0 unspecified atom stereocenters. The van der Waals surface area contributed by atoms with Gasteiger partial charge in [-0.05, 0) is 36.8 Å². The van der Waals surface area contributed by atoms with Gasteiger partial charge in [0, 0.05) is 29.5 Å². The molecule has 3 rings (SSSR count). The smallest absolute Gasteiger partial charge is 0.105 e. The van der Waals surface area contributed by atoms with Crippen LogP contribution >= 0.6 is 11.6 Å². The van der Waals surface area contributed by atoms with E-state index in [2.05, 4.69) is 15.3 Å². The highest BCUT2D eigenvalue weighted by molar-refractivity contribution is 6.31. The van der Waals surface area contributed by atoms with Crippen LogP contribution in [-0.4, -0.2) is 20.0 Å². The molecular weight excluding hydrogens is 286 g/mol. The van der Waals surface area contributed by atoms with Crippen molar-refractivity contribution >= 4 is 11.6 Å². The summed E-state index contributed by atoms with van der Waals surface area (Å²) in [7, 11) is 0. The van der Waals surface area contributed by atoms with Gasteiger partial charge in [-0.15, -0.1) is 5.10 Å². The van der Waals surface area contributed by atoms with Crippen LogP contribution in [0, 0.1) is 6.92 Å². The molecule has 0 saturated carbocycles. The lowest BCUT2D eigenvalue weighted by atomic mass is 10.1. The van der Waals surface area contributed by atoms with Crippen molar-refractivity contribution < 1.29 is 0 Å². The zero-order chi connectivity index (χ0) is 14.8. The Kier molecular flexibility index (Phi) is 3.68. The Morgan fingerprint density at radius 1 is 1.19 bits per heavy atom. The van der Waals surface area contributed by atoms with Crippen molar-refractivity contribution in [2.75, 3.05) is 0 Å². The number of hydrogen-bond acceptors (Lipinski definition) is 4. The summed E-state index contributed by atoms with van der Waals surface area (Å²) in [5, 5.41) is 9.12. The van der Waals surface area contributed by atoms with E-state index in [1.165, 1.54) is 0 Å². The summed E-state index contributed by atoms with van der Waals surface area (Å²) in [5.41, 5.74) is 10.2. The van der Waals surface area contributed by atoms with Crippen molar-refractivity contribution in [1.29, 1.82) is 0 Å². The van der Waals surface area contributed by atoms with Crippen LogP contribution in [-0.2, 0) is 6.54 Å². The standard InChI is InChI=1S/C15H14ClN5/c1-10-12(16)3-2-4-14(10)21-15(13(9-17)19-20-21)11-5-7-18-8-6-11/h2-8H,9,17H2,1H3. The second-order valence-electron chi connectivity index (χ2n) is 4.62. The number of hydrogen-bond donors (Lipinski definition) is 1. The maximum atomic E-state index is 6.21. The Balaban J connectivity index is 2.25. The van der Waals surface area contributed by atoms with Gasteiger partial charge in [-0.2, -0.15) is 0 Å². The highest BCUT2D eigenvalue weighted by Gasteiger charge is 2.17. The largest absolute Gasteiger partial charge is 0.325 e. The fourth-order valence-electron chi connectivity index (χ4n) is 2.24. The third-order valence-corrected chi connectivity index (χ3v) is 3.76. The Hall–Kier alpha value is -2.24. The molecule has 0 aliphatic carbocycles. The summed E-state index contributed by atoms with van der Waals surface area (Å²) >= 11 is 6.21. The van der Waals surface area contributed by atoms with E-state index in [1.807, 2.05) is 37.3 Å². The summed E-state index contributed by atoms with van der Waals surface area (Å²) in [6.07, 6.45) is 3.47. The van der Waals surface area contributed by atoms with Gasteiger partial charge in [0.2, 0.25) is 0 Å². The molecule has 0 atom stereocenters. The van der Waals surface area contributed by atoms with E-state index in [9.17, 15) is 0 Å². The van der Waals surface area contributed by atoms with Crippen LogP contribution in [0.25, 0.3) is 16.9 Å². The molecular formula is C15H14ClN5. The van der Waals surface area contributed by atoms with Crippen LogP contribution in [0.1, 0.15) is 11.3 Å². The molecule has 0 fully saturated rings. The van der Waals surface area contributed by atoms with Crippen molar-refractivity contribution in [2.24, 2.45) is 5.73 Å². The highest BCUT2D eigenvalue weighted by Crippen LogP contribution is 2.28. The average Bonchev–Trinajstić information content (AvgIpc) is 2.94. The van der Waals surface area contributed by atoms with Gasteiger partial charge in [-0.3, -0.25) is 4.98 Å². The molecule has 21 heavy (non-hydrogen) atoms. The SMILES string of the molecule is Cc1c(Cl)cccc1-n1nnc(CN)c1-c1ccncc1. The summed E-state index contributed by atoms with van der Waals surface area (Å²) in [5.74, 6) is 0. The lowest BCUT2D eigenvalue weighted by molar-refractivity contribution is 0.796. The molecule has 0 amide bonds. The van der Waals surface area contributed by atoms with Crippen molar-refractivity contribution in [1.82, 2.24) is 20.0 Å². The Labute approximate surface area is 127 Å². The highest BCUT2D eigenvalue weighted by atomic mass is 35.5. The van der Waals surface area contributed by atoms with E-state index < -0.39 is 0 Å². The van der Waals surface area contributed by atoms with E-state index in [0.29, 0.717) is 11.6 Å². The minimum atomic E-state index is 0.317. The first-order valence-electron chi connectivity index (χ1n) is 6.53. The van der Waals surface area contributed by atoms with E-state index >= 15 is 0 Å². The predicted molar refractivity (Wildman–Crippen MR) is 82.2 cm³/mol. The first-order chi connectivity index (χ1) is 10.2. The second-order valence-corrected chi connectivity index (χ2v) is 5.03. The third kappa shape index (κ3) is 2.41. The molecule has 0 aliphatic heterocycles. The van der Waals surface area contributed by atoms with Crippen molar-refractivity contribution in [3.8, 4) is 16.9 Å². The number of nitrogens with zero attached hydrogens (tertiary/aromatic N) is 4. The first kappa shape index (κ1) is 13.7. The zero-order valence-corrected chi connectivity index (χ0v) is 12.2. The van der Waals surface area contributed by atoms with Gasteiger partial charge in [0.1, 0.15) is 5.69 Å². The van der Waals surface area contributed by atoms with Crippen molar-refractivity contribution in [2.45, 2.75) is 13.5 Å². The van der Waals surface area contributed by atoms with Crippen molar-refractivity contribution in [3.05, 3.63) is 59.0 Å². The van der Waals surface area contributed by atoms with Gasteiger partial charge >= 0.3 is 0 Å². The number of halogens is 1. The molecule has 0 radical (unpaired) electrons. The Morgan fingerprint density at radius 2 is 1.95 bits per heavy atom. The van der Waals surface area contributed by atoms with Gasteiger partial charge in [0.25, 0.3) is 0 Å². The van der Waals surface area contributed by atoms with Crippen LogP contribution < -0.4 is 5.73 Å². The molecule has 106 valence electrons. The summed E-state index contributed by atoms with van der Waals surface area (Å²) < 4.78 is 1.78. The molecule has 5 nitrogen and oxygen atoms in total. The minimum absolute atomic E-state index is 0.317. The Morgan fingerprint density at radius 3 is 2.67 bits per heavy atom. The van der Waals surface area contributed by atoms with Crippen LogP contribution in [0.3, 0.4) is 0 Å². The summed E-state index contributed by atoms with van der Waals surface area (Å²) in [6.45, 7) is 2.27. The van der Waals surface area contributed by atoms with Gasteiger partial charge in [0.15, 0.2) is 0 Å². The van der Waals surface area contributed by atoms with E-state index in [1.54, 1.807) is 17.1 Å². The Bertz CT molecular complexity index is 767. The molecule has 6 heteroatoms. The normalized spacial score (nSPS) is 10.8. The average molecular weight is 300 g/mol. The van der Waals surface area contributed by atoms with Gasteiger partial charge in [-0.1, -0.05) is 22.9 Å². The van der Waals surface area contributed by atoms with Crippen LogP contribution in [0.5, 0.6) is 0 Å². The van der Waals surface area contributed by atoms with E-state index in [0.717, 1.165) is 28.2 Å². The van der Waals surface area contributed by atoms with Crippen LogP contribution in [0.15, 0.2) is 42.7 Å². The zero-order valence-electron chi connectivity index (χ0n) is 11.5. The van der Waals surface area contributed by atoms with E-state index in [4.69, 9.17) is 17.3 Å². The maximum absolute atomic E-state index is 6.21. The summed E-state index contributed by atoms with van der Waals surface area (Å²) in [4.78, 5) is 4.04. The van der Waals surface area contributed by atoms with Crippen molar-refractivity contribution in [3.63, 3.8) is 0 Å². The summed E-state index contributed by atoms with van der Waals surface area (Å²) in [6, 6.07) is 9.53. The number of pyridine rings is 1.